The smallest absolute Gasteiger partial charge is 0.410 e. The fourth-order valence-electron chi connectivity index (χ4n) is 7.98. The molecule has 1 aromatic heterocycles. The van der Waals surface area contributed by atoms with Crippen LogP contribution in [0.5, 0.6) is 6.01 Å². The van der Waals surface area contributed by atoms with Crippen molar-refractivity contribution >= 4 is 18.0 Å². The van der Waals surface area contributed by atoms with Gasteiger partial charge >= 0.3 is 18.2 Å². The largest absolute Gasteiger partial charge is 0.462 e. The predicted octanol–water partition coefficient (Wildman–Crippen LogP) is 4.57. The van der Waals surface area contributed by atoms with Gasteiger partial charge in [-0.2, -0.15) is 15.2 Å². The Morgan fingerprint density at radius 3 is 2.30 bits per heavy atom. The van der Waals surface area contributed by atoms with Crippen molar-refractivity contribution in [2.75, 3.05) is 111 Å². The van der Waals surface area contributed by atoms with Gasteiger partial charge in [0.1, 0.15) is 24.6 Å². The molecule has 18 nitrogen and oxygen atoms in total. The van der Waals surface area contributed by atoms with E-state index >= 15 is 0 Å². The molecule has 4 aliphatic heterocycles. The first-order valence-corrected chi connectivity index (χ1v) is 22.4. The summed E-state index contributed by atoms with van der Waals surface area (Å²) in [6, 6.07) is 11.6. The zero-order chi connectivity index (χ0) is 44.4. The van der Waals surface area contributed by atoms with Crippen molar-refractivity contribution in [2.24, 2.45) is 0 Å². The van der Waals surface area contributed by atoms with Gasteiger partial charge in [0.2, 0.25) is 0 Å². The molecule has 348 valence electrons. The first-order valence-electron chi connectivity index (χ1n) is 22.4. The van der Waals surface area contributed by atoms with E-state index in [0.29, 0.717) is 104 Å². The number of likely N-dealkylation sites (N-methyl/N-ethyl adjacent to an activating group) is 1. The van der Waals surface area contributed by atoms with Crippen molar-refractivity contribution in [3.05, 3.63) is 47.2 Å². The van der Waals surface area contributed by atoms with E-state index in [1.807, 2.05) is 58.2 Å². The standard InChI is InChI=1S/C45H67N7O11/c1-45(2,3)63-43(53)51-16-14-38-39(31-51)47-42(48-41(38)50-17-18-52(35(29-50)13-15-46)44(54)62-32-34-10-6-5-7-11-34)61-33-36-28-37(30-49(36)4)58-26-24-56-22-20-55-21-23-57-25-27-60-40-12-8-9-19-59-40/h5-7,10-11,35-37,40H,8-9,12-14,16-33H2,1-4H3/t35-,36?,37?,40?/m0/s1. The molecule has 0 N–H and O–H groups in total. The van der Waals surface area contributed by atoms with Crippen molar-refractivity contribution in [1.29, 1.82) is 5.26 Å². The topological polar surface area (TPSA) is 180 Å². The van der Waals surface area contributed by atoms with Crippen LogP contribution in [0.4, 0.5) is 15.4 Å². The van der Waals surface area contributed by atoms with E-state index in [9.17, 15) is 14.9 Å². The number of piperazine rings is 1. The number of aromatic nitrogens is 2. The van der Waals surface area contributed by atoms with E-state index in [1.54, 1.807) is 9.80 Å². The van der Waals surface area contributed by atoms with E-state index in [0.717, 1.165) is 50.0 Å². The number of hydrogen-bond donors (Lipinski definition) is 0. The molecule has 0 bridgehead atoms. The highest BCUT2D eigenvalue weighted by Crippen LogP contribution is 2.32. The second-order valence-electron chi connectivity index (χ2n) is 17.2. The molecule has 4 aliphatic rings. The maximum Gasteiger partial charge on any atom is 0.410 e. The Labute approximate surface area is 371 Å². The molecule has 2 amide bonds. The number of hydrogen-bond acceptors (Lipinski definition) is 16. The number of amides is 2. The maximum absolute atomic E-state index is 13.3. The highest BCUT2D eigenvalue weighted by Gasteiger charge is 2.36. The van der Waals surface area contributed by atoms with Crippen molar-refractivity contribution in [3.63, 3.8) is 0 Å². The minimum Gasteiger partial charge on any atom is -0.462 e. The van der Waals surface area contributed by atoms with Gasteiger partial charge in [0.25, 0.3) is 0 Å². The predicted molar refractivity (Wildman–Crippen MR) is 230 cm³/mol. The van der Waals surface area contributed by atoms with Gasteiger partial charge in [-0.3, -0.25) is 4.90 Å². The van der Waals surface area contributed by atoms with Gasteiger partial charge in [0.05, 0.1) is 89.7 Å². The Kier molecular flexibility index (Phi) is 18.8. The lowest BCUT2D eigenvalue weighted by Crippen LogP contribution is -2.56. The summed E-state index contributed by atoms with van der Waals surface area (Å²) in [7, 11) is 2.05. The van der Waals surface area contributed by atoms with E-state index in [-0.39, 0.29) is 44.0 Å². The van der Waals surface area contributed by atoms with Crippen LogP contribution in [-0.4, -0.2) is 173 Å². The number of nitriles is 1. The number of benzene rings is 1. The van der Waals surface area contributed by atoms with Gasteiger partial charge in [0, 0.05) is 50.9 Å². The van der Waals surface area contributed by atoms with Crippen LogP contribution >= 0.6 is 0 Å². The number of carbonyl (C=O) groups excluding carboxylic acids is 2. The van der Waals surface area contributed by atoms with Crippen LogP contribution in [0.2, 0.25) is 0 Å². The first kappa shape index (κ1) is 48.1. The minimum atomic E-state index is -0.645. The van der Waals surface area contributed by atoms with Crippen LogP contribution in [0.25, 0.3) is 0 Å². The number of carbonyl (C=O) groups is 2. The van der Waals surface area contributed by atoms with Crippen LogP contribution in [0.15, 0.2) is 30.3 Å². The average Bonchev–Trinajstić information content (AvgIpc) is 3.64. The molecule has 6 rings (SSSR count). The Balaban J connectivity index is 0.969. The molecule has 1 aromatic carbocycles. The molecular formula is C45H67N7O11. The molecule has 18 heteroatoms. The molecule has 0 saturated carbocycles. The number of anilines is 1. The lowest BCUT2D eigenvalue weighted by atomic mass is 10.0. The first-order chi connectivity index (χ1) is 30.6. The number of fused-ring (bicyclic) bond motifs is 1. The van der Waals surface area contributed by atoms with Gasteiger partial charge in [-0.1, -0.05) is 30.3 Å². The zero-order valence-corrected chi connectivity index (χ0v) is 37.6. The van der Waals surface area contributed by atoms with Crippen molar-refractivity contribution < 1.29 is 52.2 Å². The Bertz CT molecular complexity index is 1760. The molecule has 63 heavy (non-hydrogen) atoms. The summed E-state index contributed by atoms with van der Waals surface area (Å²) in [5.41, 5.74) is 1.83. The fourth-order valence-corrected chi connectivity index (χ4v) is 7.98. The number of likely N-dealkylation sites (tertiary alicyclic amines) is 1. The average molecular weight is 882 g/mol. The molecule has 0 aliphatic carbocycles. The summed E-state index contributed by atoms with van der Waals surface area (Å²) in [5, 5.41) is 9.78. The molecule has 3 saturated heterocycles. The van der Waals surface area contributed by atoms with E-state index < -0.39 is 23.8 Å². The van der Waals surface area contributed by atoms with E-state index in [1.165, 1.54) is 0 Å². The molecule has 5 heterocycles. The maximum atomic E-state index is 13.3. The molecule has 3 fully saturated rings. The molecule has 4 atom stereocenters. The summed E-state index contributed by atoms with van der Waals surface area (Å²) < 4.78 is 52.0. The lowest BCUT2D eigenvalue weighted by Gasteiger charge is -2.41. The number of rotatable bonds is 21. The Hall–Kier alpha value is -4.35. The summed E-state index contributed by atoms with van der Waals surface area (Å²) in [4.78, 5) is 43.9. The molecule has 2 aromatic rings. The monoisotopic (exact) mass is 881 g/mol. The van der Waals surface area contributed by atoms with Crippen LogP contribution in [0.3, 0.4) is 0 Å². The molecule has 0 spiro atoms. The van der Waals surface area contributed by atoms with Gasteiger partial charge in [-0.15, -0.1) is 0 Å². The quantitative estimate of drug-likeness (QED) is 0.159. The van der Waals surface area contributed by atoms with Crippen molar-refractivity contribution in [1.82, 2.24) is 24.7 Å². The number of nitrogens with zero attached hydrogens (tertiary/aromatic N) is 7. The fraction of sp³-hybridized carbons (Fsp3) is 0.711. The summed E-state index contributed by atoms with van der Waals surface area (Å²) in [6.07, 6.45) is 3.65. The second kappa shape index (κ2) is 24.6. The van der Waals surface area contributed by atoms with Gasteiger partial charge in [-0.05, 0) is 65.5 Å². The minimum absolute atomic E-state index is 0.0180. The highest BCUT2D eigenvalue weighted by molar-refractivity contribution is 5.70. The Morgan fingerprint density at radius 1 is 0.873 bits per heavy atom. The number of ether oxygens (including phenoxy) is 9. The summed E-state index contributed by atoms with van der Waals surface area (Å²) in [5.74, 6) is 0.685. The SMILES string of the molecule is CN1CC(OCCOCCOCCOCCOC2CCCCO2)CC1COc1nc2c(c(N3CCN(C(=O)OCc4ccccc4)[C@@H](CC#N)C3)n1)CCN(C(=O)OC(C)(C)C)C2. The van der Waals surface area contributed by atoms with Crippen molar-refractivity contribution in [2.45, 2.75) is 103 Å². The summed E-state index contributed by atoms with van der Waals surface area (Å²) in [6.45, 7) is 13.3. The van der Waals surface area contributed by atoms with Crippen LogP contribution in [0, 0.1) is 11.3 Å². The molecule has 0 radical (unpaired) electrons. The van der Waals surface area contributed by atoms with E-state index in [4.69, 9.17) is 52.6 Å². The van der Waals surface area contributed by atoms with E-state index in [2.05, 4.69) is 15.9 Å². The zero-order valence-electron chi connectivity index (χ0n) is 37.6. The molecule has 3 unspecified atom stereocenters. The van der Waals surface area contributed by atoms with Crippen LogP contribution in [0.1, 0.15) is 69.7 Å². The van der Waals surface area contributed by atoms with Crippen LogP contribution in [-0.2, 0) is 57.5 Å². The normalized spacial score (nSPS) is 21.8. The van der Waals surface area contributed by atoms with Crippen molar-refractivity contribution in [3.8, 4) is 12.1 Å². The third kappa shape index (κ3) is 15.4. The third-order valence-corrected chi connectivity index (χ3v) is 11.3. The van der Waals surface area contributed by atoms with Crippen LogP contribution < -0.4 is 9.64 Å². The van der Waals surface area contributed by atoms with Gasteiger partial charge in [0.15, 0.2) is 6.29 Å². The van der Waals surface area contributed by atoms with Gasteiger partial charge < -0.3 is 57.3 Å². The Morgan fingerprint density at radius 2 is 1.60 bits per heavy atom. The molecular weight excluding hydrogens is 815 g/mol. The lowest BCUT2D eigenvalue weighted by molar-refractivity contribution is -0.169. The second-order valence-corrected chi connectivity index (χ2v) is 17.2. The van der Waals surface area contributed by atoms with Gasteiger partial charge in [-0.25, -0.2) is 9.59 Å². The highest BCUT2D eigenvalue weighted by atomic mass is 16.7. The third-order valence-electron chi connectivity index (χ3n) is 11.3. The summed E-state index contributed by atoms with van der Waals surface area (Å²) >= 11 is 0.